The maximum Gasteiger partial charge on any atom is 0.226 e. The lowest BCUT2D eigenvalue weighted by Crippen LogP contribution is -2.41. The van der Waals surface area contributed by atoms with Gasteiger partial charge in [-0.1, -0.05) is 23.8 Å². The Morgan fingerprint density at radius 1 is 1.09 bits per heavy atom. The number of rotatable bonds is 7. The van der Waals surface area contributed by atoms with Crippen LogP contribution < -0.4 is 10.6 Å². The molecular weight excluding hydrogens is 527 g/mol. The number of benzene rings is 2. The van der Waals surface area contributed by atoms with Crippen molar-refractivity contribution in [3.8, 4) is 11.5 Å². The number of nitrogens with one attached hydrogen (secondary N) is 2. The number of halogens is 3. The number of likely N-dealkylation sites (N-methyl/N-ethyl adjacent to an activating group) is 1. The van der Waals surface area contributed by atoms with Crippen LogP contribution in [-0.4, -0.2) is 43.5 Å². The molecule has 32 heavy (non-hydrogen) atoms. The minimum absolute atomic E-state index is 0. The average Bonchev–Trinajstić information content (AvgIpc) is 3.21. The molecule has 0 spiro atoms. The molecule has 2 aromatic carbocycles. The summed E-state index contributed by atoms with van der Waals surface area (Å²) < 4.78 is 34.1. The van der Waals surface area contributed by atoms with Gasteiger partial charge in [-0.25, -0.2) is 13.8 Å². The number of nitrogens with zero attached hydrogens (tertiary/aromatic N) is 3. The van der Waals surface area contributed by atoms with E-state index < -0.39 is 17.7 Å². The number of hydrogen-bond donors (Lipinski definition) is 2. The summed E-state index contributed by atoms with van der Waals surface area (Å²) in [5.41, 5.74) is 2.80. The van der Waals surface area contributed by atoms with Crippen LogP contribution in [0.25, 0.3) is 11.5 Å². The molecule has 2 N–H and O–H groups in total. The summed E-state index contributed by atoms with van der Waals surface area (Å²) in [7, 11) is 5.18. The number of hydrogen-bond acceptors (Lipinski definition) is 4. The van der Waals surface area contributed by atoms with Crippen LogP contribution >= 0.6 is 24.0 Å². The predicted molar refractivity (Wildman–Crippen MR) is 133 cm³/mol. The number of aryl methyl sites for hydroxylation is 1. The molecule has 3 aromatic rings. The molecule has 0 aliphatic carbocycles. The predicted octanol–water partition coefficient (Wildman–Crippen LogP) is 4.51. The molecule has 172 valence electrons. The zero-order valence-electron chi connectivity index (χ0n) is 18.5. The average molecular weight is 555 g/mol. The van der Waals surface area contributed by atoms with Crippen LogP contribution in [0.3, 0.4) is 0 Å². The molecule has 6 nitrogen and oxygen atoms in total. The van der Waals surface area contributed by atoms with Gasteiger partial charge in [0, 0.05) is 24.7 Å². The van der Waals surface area contributed by atoms with E-state index in [2.05, 4.69) is 20.6 Å². The Morgan fingerprint density at radius 3 is 2.34 bits per heavy atom. The highest BCUT2D eigenvalue weighted by atomic mass is 127. The minimum atomic E-state index is -0.574. The fourth-order valence-electron chi connectivity index (χ4n) is 3.18. The Hall–Kier alpha value is -2.53. The second-order valence-corrected chi connectivity index (χ2v) is 7.43. The van der Waals surface area contributed by atoms with Crippen molar-refractivity contribution in [2.24, 2.45) is 4.99 Å². The molecule has 1 atom stereocenters. The summed E-state index contributed by atoms with van der Waals surface area (Å²) >= 11 is 0. The van der Waals surface area contributed by atoms with Crippen molar-refractivity contribution >= 4 is 29.9 Å². The first kappa shape index (κ1) is 25.7. The SMILES string of the molecule is CN=C(NCc1coc(-c2ccc(C)cc2)n1)NCC(c1c(F)cccc1F)N(C)C.I. The van der Waals surface area contributed by atoms with E-state index in [1.165, 1.54) is 23.8 Å². The second kappa shape index (κ2) is 11.9. The van der Waals surface area contributed by atoms with Crippen LogP contribution in [0.5, 0.6) is 0 Å². The van der Waals surface area contributed by atoms with Crippen molar-refractivity contribution in [3.05, 3.63) is 77.2 Å². The zero-order valence-corrected chi connectivity index (χ0v) is 20.9. The van der Waals surface area contributed by atoms with E-state index in [4.69, 9.17) is 4.42 Å². The van der Waals surface area contributed by atoms with E-state index >= 15 is 0 Å². The van der Waals surface area contributed by atoms with E-state index in [9.17, 15) is 8.78 Å². The maximum atomic E-state index is 14.2. The van der Waals surface area contributed by atoms with Gasteiger partial charge >= 0.3 is 0 Å². The van der Waals surface area contributed by atoms with Gasteiger partial charge in [-0.05, 0) is 45.3 Å². The third-order valence-corrected chi connectivity index (χ3v) is 4.93. The highest BCUT2D eigenvalue weighted by Gasteiger charge is 2.22. The van der Waals surface area contributed by atoms with Gasteiger partial charge in [-0.15, -0.1) is 24.0 Å². The molecule has 9 heteroatoms. The number of guanidine groups is 1. The van der Waals surface area contributed by atoms with E-state index in [0.29, 0.717) is 24.1 Å². The molecule has 0 aliphatic rings. The van der Waals surface area contributed by atoms with Gasteiger partial charge in [0.15, 0.2) is 5.96 Å². The molecular formula is C23H28F2IN5O. The highest BCUT2D eigenvalue weighted by Crippen LogP contribution is 2.24. The minimum Gasteiger partial charge on any atom is -0.444 e. The zero-order chi connectivity index (χ0) is 22.4. The molecule has 1 heterocycles. The molecule has 1 aromatic heterocycles. The standard InChI is InChI=1S/C23H27F2N5O.HI/c1-15-8-10-16(11-9-15)22-29-17(14-31-22)12-27-23(26-2)28-13-20(30(3)4)21-18(24)6-5-7-19(21)25;/h5-11,14,20H,12-13H2,1-4H3,(H2,26,27,28);1H. The number of aromatic nitrogens is 1. The molecule has 1 unspecified atom stereocenters. The smallest absolute Gasteiger partial charge is 0.226 e. The first-order valence-electron chi connectivity index (χ1n) is 9.95. The summed E-state index contributed by atoms with van der Waals surface area (Å²) in [4.78, 5) is 10.4. The lowest BCUT2D eigenvalue weighted by molar-refractivity contribution is 0.282. The van der Waals surface area contributed by atoms with Gasteiger partial charge in [0.2, 0.25) is 5.89 Å². The van der Waals surface area contributed by atoms with E-state index in [0.717, 1.165) is 5.56 Å². The molecule has 0 saturated carbocycles. The summed E-state index contributed by atoms with van der Waals surface area (Å²) in [6, 6.07) is 11.3. The van der Waals surface area contributed by atoms with Crippen molar-refractivity contribution < 1.29 is 13.2 Å². The molecule has 0 amide bonds. The van der Waals surface area contributed by atoms with E-state index in [-0.39, 0.29) is 36.1 Å². The normalized spacial score (nSPS) is 12.4. The van der Waals surface area contributed by atoms with E-state index in [1.54, 1.807) is 32.3 Å². The summed E-state index contributed by atoms with van der Waals surface area (Å²) in [6.07, 6.45) is 1.59. The van der Waals surface area contributed by atoms with Crippen LogP contribution in [0.1, 0.15) is 22.9 Å². The van der Waals surface area contributed by atoms with Crippen LogP contribution in [0.15, 0.2) is 58.1 Å². The highest BCUT2D eigenvalue weighted by molar-refractivity contribution is 14.0. The van der Waals surface area contributed by atoms with Crippen molar-refractivity contribution in [1.82, 2.24) is 20.5 Å². The van der Waals surface area contributed by atoms with Gasteiger partial charge < -0.3 is 20.0 Å². The van der Waals surface area contributed by atoms with Crippen molar-refractivity contribution in [2.75, 3.05) is 27.7 Å². The summed E-state index contributed by atoms with van der Waals surface area (Å²) in [5, 5.41) is 6.27. The van der Waals surface area contributed by atoms with Crippen LogP contribution in [-0.2, 0) is 6.54 Å². The Labute approximate surface area is 204 Å². The molecule has 0 saturated heterocycles. The number of aliphatic imine (C=N–C) groups is 1. The first-order chi connectivity index (χ1) is 14.9. The van der Waals surface area contributed by atoms with Gasteiger partial charge in [-0.2, -0.15) is 0 Å². The van der Waals surface area contributed by atoms with Crippen molar-refractivity contribution in [3.63, 3.8) is 0 Å². The van der Waals surface area contributed by atoms with Gasteiger partial charge in [0.05, 0.1) is 18.3 Å². The van der Waals surface area contributed by atoms with Gasteiger partial charge in [0.25, 0.3) is 0 Å². The summed E-state index contributed by atoms with van der Waals surface area (Å²) in [6.45, 7) is 2.67. The lowest BCUT2D eigenvalue weighted by atomic mass is 10.0. The van der Waals surface area contributed by atoms with Crippen LogP contribution in [0.2, 0.25) is 0 Å². The first-order valence-corrected chi connectivity index (χ1v) is 9.95. The van der Waals surface area contributed by atoms with Gasteiger partial charge in [-0.3, -0.25) is 4.99 Å². The Kier molecular flexibility index (Phi) is 9.58. The molecule has 0 radical (unpaired) electrons. The Balaban J connectivity index is 0.00000363. The van der Waals surface area contributed by atoms with Gasteiger partial charge in [0.1, 0.15) is 17.9 Å². The van der Waals surface area contributed by atoms with Crippen molar-refractivity contribution in [2.45, 2.75) is 19.5 Å². The Bertz CT molecular complexity index is 1020. The maximum absolute atomic E-state index is 14.2. The molecule has 0 fully saturated rings. The fraction of sp³-hybridized carbons (Fsp3) is 0.304. The largest absolute Gasteiger partial charge is 0.444 e. The van der Waals surface area contributed by atoms with Crippen molar-refractivity contribution in [1.29, 1.82) is 0 Å². The summed E-state index contributed by atoms with van der Waals surface area (Å²) in [5.74, 6) is -0.115. The quantitative estimate of drug-likeness (QED) is 0.255. The topological polar surface area (TPSA) is 65.7 Å². The second-order valence-electron chi connectivity index (χ2n) is 7.43. The van der Waals surface area contributed by atoms with Crippen LogP contribution in [0, 0.1) is 18.6 Å². The Morgan fingerprint density at radius 2 is 1.75 bits per heavy atom. The van der Waals surface area contributed by atoms with Crippen LogP contribution in [0.4, 0.5) is 8.78 Å². The third-order valence-electron chi connectivity index (χ3n) is 4.93. The monoisotopic (exact) mass is 555 g/mol. The third kappa shape index (κ3) is 6.49. The molecule has 3 rings (SSSR count). The lowest BCUT2D eigenvalue weighted by Gasteiger charge is -2.26. The fourth-order valence-corrected chi connectivity index (χ4v) is 3.18. The van der Waals surface area contributed by atoms with E-state index in [1.807, 2.05) is 31.2 Å². The molecule has 0 aliphatic heterocycles. The molecule has 0 bridgehead atoms. The number of oxazole rings is 1.